The van der Waals surface area contributed by atoms with Crippen LogP contribution in [0.2, 0.25) is 0 Å². The maximum Gasteiger partial charge on any atom is 0.257 e. The van der Waals surface area contributed by atoms with E-state index >= 15 is 0 Å². The Hall–Kier alpha value is -2.53. The molecule has 1 amide bonds. The molecule has 5 heteroatoms. The van der Waals surface area contributed by atoms with Crippen molar-refractivity contribution >= 4 is 23.0 Å². The van der Waals surface area contributed by atoms with E-state index in [0.717, 1.165) is 43.5 Å². The summed E-state index contributed by atoms with van der Waals surface area (Å²) in [4.78, 5) is 17.4. The summed E-state index contributed by atoms with van der Waals surface area (Å²) in [5, 5.41) is 2.97. The number of amides is 1. The minimum atomic E-state index is -0.172. The Labute approximate surface area is 154 Å². The van der Waals surface area contributed by atoms with E-state index in [1.54, 1.807) is 12.1 Å². The van der Waals surface area contributed by atoms with Crippen LogP contribution in [0.3, 0.4) is 0 Å². The van der Waals surface area contributed by atoms with Crippen molar-refractivity contribution in [3.63, 3.8) is 0 Å². The van der Waals surface area contributed by atoms with Gasteiger partial charge in [-0.15, -0.1) is 0 Å². The number of piperazine rings is 1. The number of nitrogen functional groups attached to an aromatic ring is 1. The van der Waals surface area contributed by atoms with Crippen LogP contribution in [0.1, 0.15) is 23.2 Å². The quantitative estimate of drug-likeness (QED) is 0.814. The normalized spacial score (nSPS) is 17.9. The summed E-state index contributed by atoms with van der Waals surface area (Å²) in [5.41, 5.74) is 8.86. The van der Waals surface area contributed by atoms with Gasteiger partial charge in [0.2, 0.25) is 0 Å². The number of carbonyl (C=O) groups is 1. The zero-order chi connectivity index (χ0) is 17.9. The molecular weight excluding hydrogens is 324 g/mol. The lowest BCUT2D eigenvalue weighted by atomic mass is 10.1. The molecule has 2 fully saturated rings. The van der Waals surface area contributed by atoms with Crippen molar-refractivity contribution in [1.29, 1.82) is 0 Å². The first-order valence-electron chi connectivity index (χ1n) is 9.42. The van der Waals surface area contributed by atoms with Crippen molar-refractivity contribution < 1.29 is 4.79 Å². The smallest absolute Gasteiger partial charge is 0.257 e. The Kier molecular flexibility index (Phi) is 4.80. The summed E-state index contributed by atoms with van der Waals surface area (Å²) < 4.78 is 0. The molecule has 1 saturated carbocycles. The van der Waals surface area contributed by atoms with Crippen LogP contribution >= 0.6 is 0 Å². The molecule has 0 spiro atoms. The van der Waals surface area contributed by atoms with Crippen LogP contribution in [0.5, 0.6) is 0 Å². The minimum Gasteiger partial charge on any atom is -0.398 e. The van der Waals surface area contributed by atoms with Crippen LogP contribution in [0.4, 0.5) is 17.1 Å². The Morgan fingerprint density at radius 2 is 1.81 bits per heavy atom. The monoisotopic (exact) mass is 350 g/mol. The van der Waals surface area contributed by atoms with Gasteiger partial charge >= 0.3 is 0 Å². The van der Waals surface area contributed by atoms with Gasteiger partial charge in [-0.1, -0.05) is 18.2 Å². The van der Waals surface area contributed by atoms with Gasteiger partial charge in [0.05, 0.1) is 5.56 Å². The second-order valence-electron chi connectivity index (χ2n) is 7.32. The van der Waals surface area contributed by atoms with Gasteiger partial charge in [0.25, 0.3) is 5.91 Å². The lowest BCUT2D eigenvalue weighted by molar-refractivity contribution is 0.102. The molecule has 1 heterocycles. The van der Waals surface area contributed by atoms with Crippen molar-refractivity contribution in [2.75, 3.05) is 48.7 Å². The van der Waals surface area contributed by atoms with Gasteiger partial charge in [-0.3, -0.25) is 9.69 Å². The number of carbonyl (C=O) groups excluding carboxylic acids is 1. The Balaban J connectivity index is 1.39. The first-order chi connectivity index (χ1) is 12.7. The predicted molar refractivity (Wildman–Crippen MR) is 107 cm³/mol. The molecule has 1 aliphatic carbocycles. The van der Waals surface area contributed by atoms with Gasteiger partial charge in [-0.25, -0.2) is 0 Å². The fourth-order valence-corrected chi connectivity index (χ4v) is 3.54. The van der Waals surface area contributed by atoms with Crippen LogP contribution in [-0.2, 0) is 0 Å². The van der Waals surface area contributed by atoms with Crippen LogP contribution in [0.25, 0.3) is 0 Å². The molecule has 0 radical (unpaired) electrons. The first-order valence-corrected chi connectivity index (χ1v) is 9.42. The molecular formula is C21H26N4O. The number of benzene rings is 2. The molecule has 0 bridgehead atoms. The van der Waals surface area contributed by atoms with Crippen molar-refractivity contribution in [3.8, 4) is 0 Å². The van der Waals surface area contributed by atoms with Crippen molar-refractivity contribution in [3.05, 3.63) is 54.1 Å². The third kappa shape index (κ3) is 3.99. The molecule has 26 heavy (non-hydrogen) atoms. The average molecular weight is 350 g/mol. The van der Waals surface area contributed by atoms with E-state index in [0.29, 0.717) is 11.3 Å². The van der Waals surface area contributed by atoms with E-state index in [9.17, 15) is 4.79 Å². The molecule has 0 atom stereocenters. The lowest BCUT2D eigenvalue weighted by Crippen LogP contribution is -2.47. The summed E-state index contributed by atoms with van der Waals surface area (Å²) in [5.74, 6) is 0.778. The second-order valence-corrected chi connectivity index (χ2v) is 7.32. The van der Waals surface area contributed by atoms with Crippen molar-refractivity contribution in [1.82, 2.24) is 4.90 Å². The van der Waals surface area contributed by atoms with E-state index in [-0.39, 0.29) is 5.91 Å². The van der Waals surface area contributed by atoms with E-state index in [1.807, 2.05) is 30.3 Å². The Morgan fingerprint density at radius 1 is 1.04 bits per heavy atom. The highest BCUT2D eigenvalue weighted by Gasteiger charge is 2.26. The Morgan fingerprint density at radius 3 is 2.54 bits per heavy atom. The fraction of sp³-hybridized carbons (Fsp3) is 0.381. The van der Waals surface area contributed by atoms with Crippen molar-refractivity contribution in [2.24, 2.45) is 5.92 Å². The summed E-state index contributed by atoms with van der Waals surface area (Å²) in [7, 11) is 0. The molecule has 136 valence electrons. The number of nitrogens with zero attached hydrogens (tertiary/aromatic N) is 2. The molecule has 5 nitrogen and oxygen atoms in total. The highest BCUT2D eigenvalue weighted by atomic mass is 16.1. The van der Waals surface area contributed by atoms with E-state index < -0.39 is 0 Å². The number of rotatable bonds is 5. The van der Waals surface area contributed by atoms with Gasteiger partial charge in [-0.05, 0) is 49.1 Å². The van der Waals surface area contributed by atoms with Crippen LogP contribution in [0, 0.1) is 5.92 Å². The molecule has 4 rings (SSSR count). The maximum atomic E-state index is 12.5. The van der Waals surface area contributed by atoms with Crippen LogP contribution in [-0.4, -0.2) is 43.5 Å². The highest BCUT2D eigenvalue weighted by molar-refractivity contribution is 6.07. The van der Waals surface area contributed by atoms with Gasteiger partial charge < -0.3 is 16.0 Å². The van der Waals surface area contributed by atoms with Crippen LogP contribution in [0.15, 0.2) is 48.5 Å². The third-order valence-corrected chi connectivity index (χ3v) is 5.26. The number of anilines is 3. The topological polar surface area (TPSA) is 61.6 Å². The molecule has 1 aliphatic heterocycles. The maximum absolute atomic E-state index is 12.5. The molecule has 0 aromatic heterocycles. The SMILES string of the molecule is Nc1ccccc1C(=O)Nc1cccc(N2CCN(CC3CC3)CC2)c1. The molecule has 3 N–H and O–H groups in total. The predicted octanol–water partition coefficient (Wildman–Crippen LogP) is 3.05. The number of hydrogen-bond acceptors (Lipinski definition) is 4. The highest BCUT2D eigenvalue weighted by Crippen LogP contribution is 2.30. The van der Waals surface area contributed by atoms with Crippen molar-refractivity contribution in [2.45, 2.75) is 12.8 Å². The number of hydrogen-bond donors (Lipinski definition) is 2. The van der Waals surface area contributed by atoms with Gasteiger partial charge in [0.1, 0.15) is 0 Å². The molecule has 2 aromatic carbocycles. The van der Waals surface area contributed by atoms with Gasteiger partial charge in [0.15, 0.2) is 0 Å². The summed E-state index contributed by atoms with van der Waals surface area (Å²) in [6, 6.07) is 15.2. The molecule has 2 aromatic rings. The summed E-state index contributed by atoms with van der Waals surface area (Å²) in [6.45, 7) is 5.58. The van der Waals surface area contributed by atoms with E-state index in [1.165, 1.54) is 19.4 Å². The zero-order valence-corrected chi connectivity index (χ0v) is 15.0. The van der Waals surface area contributed by atoms with E-state index in [4.69, 9.17) is 5.73 Å². The number of nitrogens with two attached hydrogens (primary N) is 1. The second kappa shape index (κ2) is 7.38. The Bertz CT molecular complexity index is 779. The largest absolute Gasteiger partial charge is 0.398 e. The number of para-hydroxylation sites is 1. The average Bonchev–Trinajstić information content (AvgIpc) is 3.47. The first kappa shape index (κ1) is 16.9. The molecule has 1 saturated heterocycles. The summed E-state index contributed by atoms with van der Waals surface area (Å²) >= 11 is 0. The zero-order valence-electron chi connectivity index (χ0n) is 15.0. The summed E-state index contributed by atoms with van der Waals surface area (Å²) in [6.07, 6.45) is 2.82. The van der Waals surface area contributed by atoms with E-state index in [2.05, 4.69) is 21.2 Å². The minimum absolute atomic E-state index is 0.172. The fourth-order valence-electron chi connectivity index (χ4n) is 3.54. The third-order valence-electron chi connectivity index (χ3n) is 5.26. The molecule has 0 unspecified atom stereocenters. The lowest BCUT2D eigenvalue weighted by Gasteiger charge is -2.36. The number of nitrogens with one attached hydrogen (secondary N) is 1. The standard InChI is InChI=1S/C21H26N4O/c22-20-7-2-1-6-19(20)21(26)23-17-4-3-5-18(14-17)25-12-10-24(11-13-25)15-16-8-9-16/h1-7,14,16H,8-13,15,22H2,(H,23,26). The van der Waals surface area contributed by atoms with Gasteiger partial charge in [-0.2, -0.15) is 0 Å². The van der Waals surface area contributed by atoms with Gasteiger partial charge in [0, 0.05) is 49.8 Å². The molecule has 2 aliphatic rings. The van der Waals surface area contributed by atoms with Crippen LogP contribution < -0.4 is 16.0 Å².